The van der Waals surface area contributed by atoms with E-state index in [-0.39, 0.29) is 37.0 Å². The number of nitrogens with one attached hydrogen (secondary N) is 1. The highest BCUT2D eigenvalue weighted by Gasteiger charge is 2.30. The van der Waals surface area contributed by atoms with E-state index >= 15 is 0 Å². The molecule has 0 radical (unpaired) electrons. The molecule has 1 aromatic carbocycles. The van der Waals surface area contributed by atoms with Crippen molar-refractivity contribution in [1.29, 1.82) is 0 Å². The van der Waals surface area contributed by atoms with Gasteiger partial charge in [-0.1, -0.05) is 19.1 Å². The van der Waals surface area contributed by atoms with Crippen molar-refractivity contribution >= 4 is 11.9 Å². The second kappa shape index (κ2) is 7.67. The number of hydrogen-bond donors (Lipinski definition) is 2. The molecule has 0 saturated carbocycles. The number of carboxylic acid groups (broad SMARTS) is 1. The van der Waals surface area contributed by atoms with Crippen molar-refractivity contribution in [3.63, 3.8) is 0 Å². The molecule has 0 heterocycles. The topological polar surface area (TPSA) is 75.6 Å². The van der Waals surface area contributed by atoms with Gasteiger partial charge in [0.2, 0.25) is 5.91 Å². The summed E-state index contributed by atoms with van der Waals surface area (Å²) >= 11 is 0. The number of carboxylic acids is 1. The van der Waals surface area contributed by atoms with Crippen molar-refractivity contribution in [3.05, 3.63) is 29.8 Å². The standard InChI is InChI=1S/C14H16F3NO4/c1-9(6-13(20)21)8-18-12(19)7-10-2-4-11(5-3-10)22-14(15,16)17/h2-5,9H,6-8H2,1H3,(H,18,19)(H,20,21). The van der Waals surface area contributed by atoms with Gasteiger partial charge in [0.25, 0.3) is 0 Å². The number of hydrogen-bond acceptors (Lipinski definition) is 3. The van der Waals surface area contributed by atoms with E-state index in [1.165, 1.54) is 12.1 Å². The first-order valence-corrected chi connectivity index (χ1v) is 6.49. The average Bonchev–Trinajstić information content (AvgIpc) is 2.36. The lowest BCUT2D eigenvalue weighted by atomic mass is 10.1. The Balaban J connectivity index is 2.43. The van der Waals surface area contributed by atoms with Crippen LogP contribution in [0.25, 0.3) is 0 Å². The molecule has 1 aromatic rings. The van der Waals surface area contributed by atoms with Crippen LogP contribution in [0.5, 0.6) is 5.75 Å². The zero-order chi connectivity index (χ0) is 16.8. The Morgan fingerprint density at radius 1 is 1.27 bits per heavy atom. The summed E-state index contributed by atoms with van der Waals surface area (Å²) in [5.74, 6) is -1.83. The van der Waals surface area contributed by atoms with Gasteiger partial charge in [0.05, 0.1) is 6.42 Å². The molecule has 22 heavy (non-hydrogen) atoms. The van der Waals surface area contributed by atoms with Crippen molar-refractivity contribution < 1.29 is 32.6 Å². The average molecular weight is 319 g/mol. The molecule has 1 atom stereocenters. The SMILES string of the molecule is CC(CNC(=O)Cc1ccc(OC(F)(F)F)cc1)CC(=O)O. The molecular formula is C14H16F3NO4. The fourth-order valence-corrected chi connectivity index (χ4v) is 1.72. The maximum atomic E-state index is 12.0. The van der Waals surface area contributed by atoms with E-state index < -0.39 is 12.3 Å². The third kappa shape index (κ3) is 7.51. The van der Waals surface area contributed by atoms with Gasteiger partial charge >= 0.3 is 12.3 Å². The second-order valence-corrected chi connectivity index (χ2v) is 4.88. The van der Waals surface area contributed by atoms with Crippen LogP contribution in [0, 0.1) is 5.92 Å². The normalized spacial score (nSPS) is 12.5. The van der Waals surface area contributed by atoms with Crippen LogP contribution in [0.2, 0.25) is 0 Å². The van der Waals surface area contributed by atoms with Crippen molar-refractivity contribution in [2.24, 2.45) is 5.92 Å². The van der Waals surface area contributed by atoms with Crippen LogP contribution < -0.4 is 10.1 Å². The van der Waals surface area contributed by atoms with Gasteiger partial charge in [-0.25, -0.2) is 0 Å². The van der Waals surface area contributed by atoms with Gasteiger partial charge in [-0.3, -0.25) is 9.59 Å². The number of carbonyl (C=O) groups excluding carboxylic acids is 1. The van der Waals surface area contributed by atoms with Gasteiger partial charge in [-0.15, -0.1) is 13.2 Å². The molecule has 0 aromatic heterocycles. The van der Waals surface area contributed by atoms with Crippen LogP contribution in [0.3, 0.4) is 0 Å². The van der Waals surface area contributed by atoms with Crippen molar-refractivity contribution in [2.75, 3.05) is 6.54 Å². The summed E-state index contributed by atoms with van der Waals surface area (Å²) in [6.07, 6.45) is -4.81. The van der Waals surface area contributed by atoms with E-state index in [1.54, 1.807) is 6.92 Å². The molecule has 0 aliphatic heterocycles. The third-order valence-corrected chi connectivity index (χ3v) is 2.69. The summed E-state index contributed by atoms with van der Waals surface area (Å²) < 4.78 is 39.7. The van der Waals surface area contributed by atoms with Crippen molar-refractivity contribution in [1.82, 2.24) is 5.32 Å². The maximum Gasteiger partial charge on any atom is 0.573 e. The number of halogens is 3. The zero-order valence-electron chi connectivity index (χ0n) is 11.8. The summed E-state index contributed by atoms with van der Waals surface area (Å²) in [6, 6.07) is 4.98. The van der Waals surface area contributed by atoms with E-state index in [0.717, 1.165) is 12.1 Å². The number of benzene rings is 1. The minimum absolute atomic E-state index is 0.00785. The molecule has 0 aliphatic carbocycles. The van der Waals surface area contributed by atoms with E-state index in [1.807, 2.05) is 0 Å². The highest BCUT2D eigenvalue weighted by atomic mass is 19.4. The minimum Gasteiger partial charge on any atom is -0.481 e. The lowest BCUT2D eigenvalue weighted by Gasteiger charge is -2.11. The molecule has 0 aliphatic rings. The Hall–Kier alpha value is -2.25. The van der Waals surface area contributed by atoms with E-state index in [4.69, 9.17) is 5.11 Å². The predicted octanol–water partition coefficient (Wildman–Crippen LogP) is 2.35. The van der Waals surface area contributed by atoms with Gasteiger partial charge in [0, 0.05) is 13.0 Å². The molecule has 0 saturated heterocycles. The van der Waals surface area contributed by atoms with Gasteiger partial charge in [0.1, 0.15) is 5.75 Å². The number of aliphatic carboxylic acids is 1. The zero-order valence-corrected chi connectivity index (χ0v) is 11.8. The fourth-order valence-electron chi connectivity index (χ4n) is 1.72. The molecule has 1 rings (SSSR count). The summed E-state index contributed by atoms with van der Waals surface area (Å²) in [4.78, 5) is 22.1. The fraction of sp³-hybridized carbons (Fsp3) is 0.429. The second-order valence-electron chi connectivity index (χ2n) is 4.88. The molecular weight excluding hydrogens is 303 g/mol. The van der Waals surface area contributed by atoms with Crippen molar-refractivity contribution in [3.8, 4) is 5.75 Å². The molecule has 8 heteroatoms. The van der Waals surface area contributed by atoms with E-state index in [0.29, 0.717) is 5.56 Å². The summed E-state index contributed by atoms with van der Waals surface area (Å²) in [5.41, 5.74) is 0.526. The molecule has 1 amide bonds. The van der Waals surface area contributed by atoms with Gasteiger partial charge in [-0.05, 0) is 23.6 Å². The van der Waals surface area contributed by atoms with E-state index in [2.05, 4.69) is 10.1 Å². The Kier molecular flexibility index (Phi) is 6.21. The predicted molar refractivity (Wildman–Crippen MR) is 71.3 cm³/mol. The summed E-state index contributed by atoms with van der Waals surface area (Å²) in [5, 5.41) is 11.2. The number of carbonyl (C=O) groups is 2. The van der Waals surface area contributed by atoms with Gasteiger partial charge in [0.15, 0.2) is 0 Å². The Bertz CT molecular complexity index is 514. The van der Waals surface area contributed by atoms with E-state index in [9.17, 15) is 22.8 Å². The quantitative estimate of drug-likeness (QED) is 0.809. The third-order valence-electron chi connectivity index (χ3n) is 2.69. The lowest BCUT2D eigenvalue weighted by molar-refractivity contribution is -0.274. The number of rotatable bonds is 7. The monoisotopic (exact) mass is 319 g/mol. The summed E-state index contributed by atoms with van der Waals surface area (Å²) in [6.45, 7) is 1.91. The van der Waals surface area contributed by atoms with Crippen LogP contribution in [0.15, 0.2) is 24.3 Å². The first kappa shape index (κ1) is 17.8. The molecule has 0 spiro atoms. The van der Waals surface area contributed by atoms with Crippen LogP contribution in [-0.4, -0.2) is 29.9 Å². The van der Waals surface area contributed by atoms with Gasteiger partial charge < -0.3 is 15.2 Å². The van der Waals surface area contributed by atoms with Crippen LogP contribution in [-0.2, 0) is 16.0 Å². The number of ether oxygens (including phenoxy) is 1. The highest BCUT2D eigenvalue weighted by Crippen LogP contribution is 2.22. The lowest BCUT2D eigenvalue weighted by Crippen LogP contribution is -2.30. The minimum atomic E-state index is -4.75. The number of amides is 1. The van der Waals surface area contributed by atoms with Crippen LogP contribution >= 0.6 is 0 Å². The summed E-state index contributed by atoms with van der Waals surface area (Å²) in [7, 11) is 0. The molecule has 0 fully saturated rings. The largest absolute Gasteiger partial charge is 0.573 e. The first-order chi connectivity index (χ1) is 10.2. The Morgan fingerprint density at radius 2 is 1.86 bits per heavy atom. The molecule has 5 nitrogen and oxygen atoms in total. The molecule has 1 unspecified atom stereocenters. The Morgan fingerprint density at radius 3 is 2.36 bits per heavy atom. The van der Waals surface area contributed by atoms with Crippen molar-refractivity contribution in [2.45, 2.75) is 26.1 Å². The molecule has 0 bridgehead atoms. The smallest absolute Gasteiger partial charge is 0.481 e. The van der Waals surface area contributed by atoms with Gasteiger partial charge in [-0.2, -0.15) is 0 Å². The van der Waals surface area contributed by atoms with Crippen LogP contribution in [0.4, 0.5) is 13.2 Å². The Labute approximate surface area is 125 Å². The van der Waals surface area contributed by atoms with Crippen LogP contribution in [0.1, 0.15) is 18.9 Å². The maximum absolute atomic E-state index is 12.0. The first-order valence-electron chi connectivity index (χ1n) is 6.49. The highest BCUT2D eigenvalue weighted by molar-refractivity contribution is 5.78. The molecule has 2 N–H and O–H groups in total. The number of alkyl halides is 3. The molecule has 122 valence electrons.